The maximum Gasteiger partial charge on any atom is 0.251 e. The lowest BCUT2D eigenvalue weighted by Crippen LogP contribution is -2.71. The first kappa shape index (κ1) is 23.2. The highest BCUT2D eigenvalue weighted by Gasteiger charge is 2.63. The van der Waals surface area contributed by atoms with Gasteiger partial charge >= 0.3 is 0 Å². The third kappa shape index (κ3) is 3.92. The van der Waals surface area contributed by atoms with E-state index >= 15 is 0 Å². The Hall–Kier alpha value is -2.22. The van der Waals surface area contributed by atoms with Gasteiger partial charge in [0, 0.05) is 49.9 Å². The first-order valence-electron chi connectivity index (χ1n) is 13.5. The highest BCUT2D eigenvalue weighted by atomic mass is 16.3. The van der Waals surface area contributed by atoms with Gasteiger partial charge < -0.3 is 15.3 Å². The molecule has 188 valence electrons. The van der Waals surface area contributed by atoms with Crippen molar-refractivity contribution in [2.75, 3.05) is 39.8 Å². The maximum absolute atomic E-state index is 12.7. The maximum atomic E-state index is 12.7. The molecule has 0 spiro atoms. The van der Waals surface area contributed by atoms with Crippen LogP contribution in [-0.2, 0) is 18.4 Å². The van der Waals surface area contributed by atoms with Crippen LogP contribution in [0, 0.1) is 12.8 Å². The standard InChI is InChI=1S/C28H39N5O2/c1-20-17-30-33(18-20)14-13-31-10-7-27-8-12-32(19-21-3-4-21)25(28(27,35)9-11-31)16-22-5-6-23(15-24(22)27)26(34)29-2/h5-6,15,17-18,21,25,35H,3-4,7-14,16,19H2,1-2H3,(H,29,34). The number of fused-ring (bicyclic) bond motifs is 1. The first-order chi connectivity index (χ1) is 16.9. The molecule has 35 heavy (non-hydrogen) atoms. The third-order valence-corrected chi connectivity index (χ3v) is 9.44. The van der Waals surface area contributed by atoms with Crippen molar-refractivity contribution in [3.8, 4) is 0 Å². The summed E-state index contributed by atoms with van der Waals surface area (Å²) in [5, 5.41) is 19.9. The van der Waals surface area contributed by atoms with E-state index in [0.717, 1.165) is 70.9 Å². The molecule has 2 aliphatic carbocycles. The topological polar surface area (TPSA) is 73.6 Å². The number of benzene rings is 1. The van der Waals surface area contributed by atoms with Gasteiger partial charge in [-0.15, -0.1) is 0 Å². The average molecular weight is 478 g/mol. The Kier molecular flexibility index (Phi) is 5.78. The molecule has 2 bridgehead atoms. The smallest absolute Gasteiger partial charge is 0.251 e. The summed E-state index contributed by atoms with van der Waals surface area (Å²) < 4.78 is 2.03. The largest absolute Gasteiger partial charge is 0.387 e. The number of rotatable bonds is 6. The van der Waals surface area contributed by atoms with Crippen LogP contribution in [0.25, 0.3) is 0 Å². The molecule has 1 amide bonds. The van der Waals surface area contributed by atoms with Crippen molar-refractivity contribution in [2.24, 2.45) is 5.92 Å². The second-order valence-corrected chi connectivity index (χ2v) is 11.5. The minimum Gasteiger partial charge on any atom is -0.387 e. The molecule has 1 aromatic heterocycles. The molecular weight excluding hydrogens is 438 g/mol. The van der Waals surface area contributed by atoms with Crippen LogP contribution in [0.1, 0.15) is 59.2 Å². The predicted octanol–water partition coefficient (Wildman–Crippen LogP) is 2.36. The number of aryl methyl sites for hydroxylation is 1. The van der Waals surface area contributed by atoms with Crippen LogP contribution in [-0.4, -0.2) is 82.0 Å². The summed E-state index contributed by atoms with van der Waals surface area (Å²) in [6, 6.07) is 6.39. The second kappa shape index (κ2) is 8.71. The van der Waals surface area contributed by atoms with E-state index in [0.29, 0.717) is 5.56 Å². The molecule has 7 heteroatoms. The molecule has 7 nitrogen and oxygen atoms in total. The van der Waals surface area contributed by atoms with Gasteiger partial charge in [-0.05, 0) is 93.3 Å². The third-order valence-electron chi connectivity index (χ3n) is 9.44. The van der Waals surface area contributed by atoms with E-state index in [1.807, 2.05) is 16.9 Å². The Morgan fingerprint density at radius 1 is 1.17 bits per heavy atom. The summed E-state index contributed by atoms with van der Waals surface area (Å²) in [5.74, 6) is 0.758. The zero-order chi connectivity index (χ0) is 24.2. The van der Waals surface area contributed by atoms with Gasteiger partial charge in [-0.3, -0.25) is 14.4 Å². The fourth-order valence-electron chi connectivity index (χ4n) is 7.27. The molecule has 3 atom stereocenters. The molecule has 0 radical (unpaired) electrons. The summed E-state index contributed by atoms with van der Waals surface area (Å²) in [5.41, 5.74) is 3.38. The number of nitrogens with zero attached hydrogens (tertiary/aromatic N) is 4. The van der Waals surface area contributed by atoms with Gasteiger partial charge in [-0.1, -0.05) is 6.07 Å². The lowest BCUT2D eigenvalue weighted by Gasteiger charge is -2.61. The molecule has 2 aliphatic heterocycles. The Bertz CT molecular complexity index is 1110. The van der Waals surface area contributed by atoms with E-state index in [9.17, 15) is 9.90 Å². The van der Waals surface area contributed by atoms with Crippen molar-refractivity contribution in [1.29, 1.82) is 0 Å². The normalized spacial score (nSPS) is 30.9. The van der Waals surface area contributed by atoms with E-state index in [4.69, 9.17) is 0 Å². The fourth-order valence-corrected chi connectivity index (χ4v) is 7.27. The van der Waals surface area contributed by atoms with Gasteiger partial charge in [0.1, 0.15) is 0 Å². The summed E-state index contributed by atoms with van der Waals surface area (Å²) in [4.78, 5) is 17.7. The van der Waals surface area contributed by atoms with E-state index in [1.165, 1.54) is 29.5 Å². The van der Waals surface area contributed by atoms with Crippen molar-refractivity contribution in [2.45, 2.75) is 69.1 Å². The van der Waals surface area contributed by atoms with Gasteiger partial charge in [0.05, 0.1) is 18.3 Å². The molecular formula is C28H39N5O2. The Morgan fingerprint density at radius 2 is 1.97 bits per heavy atom. The van der Waals surface area contributed by atoms with Crippen LogP contribution in [0.2, 0.25) is 0 Å². The Balaban J connectivity index is 1.34. The van der Waals surface area contributed by atoms with Crippen LogP contribution in [0.3, 0.4) is 0 Å². The minimum absolute atomic E-state index is 0.0502. The van der Waals surface area contributed by atoms with Crippen LogP contribution in [0.4, 0.5) is 0 Å². The second-order valence-electron chi connectivity index (χ2n) is 11.5. The number of carbonyl (C=O) groups excluding carboxylic acids is 1. The number of nitrogens with one attached hydrogen (secondary N) is 1. The molecule has 2 saturated heterocycles. The Labute approximate surface area is 208 Å². The van der Waals surface area contributed by atoms with Gasteiger partial charge in [-0.25, -0.2) is 0 Å². The van der Waals surface area contributed by atoms with Crippen molar-refractivity contribution in [3.05, 3.63) is 52.8 Å². The molecule has 1 saturated carbocycles. The quantitative estimate of drug-likeness (QED) is 0.668. The first-order valence-corrected chi connectivity index (χ1v) is 13.5. The fraction of sp³-hybridized carbons (Fsp3) is 0.643. The van der Waals surface area contributed by atoms with E-state index in [2.05, 4.69) is 45.5 Å². The van der Waals surface area contributed by atoms with Gasteiger partial charge in [0.2, 0.25) is 0 Å². The average Bonchev–Trinajstić information content (AvgIpc) is 3.61. The number of hydrogen-bond acceptors (Lipinski definition) is 5. The van der Waals surface area contributed by atoms with E-state index in [1.54, 1.807) is 7.05 Å². The van der Waals surface area contributed by atoms with Crippen molar-refractivity contribution >= 4 is 5.91 Å². The van der Waals surface area contributed by atoms with Crippen LogP contribution >= 0.6 is 0 Å². The zero-order valence-electron chi connectivity index (χ0n) is 21.2. The lowest BCUT2D eigenvalue weighted by molar-refractivity contribution is -0.149. The summed E-state index contributed by atoms with van der Waals surface area (Å²) in [6.45, 7) is 7.91. The predicted molar refractivity (Wildman–Crippen MR) is 136 cm³/mol. The molecule has 4 aliphatic rings. The van der Waals surface area contributed by atoms with Gasteiger partial charge in [-0.2, -0.15) is 5.10 Å². The van der Waals surface area contributed by atoms with Gasteiger partial charge in [0.15, 0.2) is 0 Å². The van der Waals surface area contributed by atoms with Crippen molar-refractivity contribution in [3.63, 3.8) is 0 Å². The molecule has 3 heterocycles. The highest BCUT2D eigenvalue weighted by Crippen LogP contribution is 2.56. The van der Waals surface area contributed by atoms with Crippen molar-refractivity contribution in [1.82, 2.24) is 24.9 Å². The zero-order valence-corrected chi connectivity index (χ0v) is 21.2. The number of carbonyl (C=O) groups is 1. The summed E-state index contributed by atoms with van der Waals surface area (Å²) in [6.07, 6.45) is 10.2. The molecule has 1 aromatic carbocycles. The van der Waals surface area contributed by atoms with Crippen LogP contribution in [0.5, 0.6) is 0 Å². The number of piperidine rings is 1. The lowest BCUT2D eigenvalue weighted by atomic mass is 9.52. The molecule has 3 unspecified atom stereocenters. The highest BCUT2D eigenvalue weighted by molar-refractivity contribution is 5.94. The minimum atomic E-state index is -0.772. The molecule has 2 aromatic rings. The van der Waals surface area contributed by atoms with E-state index < -0.39 is 5.60 Å². The number of likely N-dealkylation sites (tertiary alicyclic amines) is 2. The number of aliphatic hydroxyl groups is 1. The molecule has 6 rings (SSSR count). The van der Waals surface area contributed by atoms with E-state index in [-0.39, 0.29) is 17.4 Å². The van der Waals surface area contributed by atoms with Crippen LogP contribution in [0.15, 0.2) is 30.6 Å². The SMILES string of the molecule is CNC(=O)c1ccc2c(c1)C13CCN(CCn4cc(C)cn4)CCC1(O)C(C2)N(CC1CC1)CC3. The number of aromatic nitrogens is 2. The van der Waals surface area contributed by atoms with Crippen molar-refractivity contribution < 1.29 is 9.90 Å². The number of hydrogen-bond donors (Lipinski definition) is 2. The monoisotopic (exact) mass is 477 g/mol. The number of amides is 1. The Morgan fingerprint density at radius 3 is 2.71 bits per heavy atom. The molecule has 3 fully saturated rings. The summed E-state index contributed by atoms with van der Waals surface area (Å²) >= 11 is 0. The van der Waals surface area contributed by atoms with Crippen LogP contribution < -0.4 is 5.32 Å². The molecule has 2 N–H and O–H groups in total. The van der Waals surface area contributed by atoms with Gasteiger partial charge in [0.25, 0.3) is 5.91 Å². The summed E-state index contributed by atoms with van der Waals surface area (Å²) in [7, 11) is 1.69.